The van der Waals surface area contributed by atoms with Crippen LogP contribution in [0, 0.1) is 17.8 Å². The minimum atomic E-state index is -5.08. The Balaban J connectivity index is 0.000000279. The molecule has 3 aliphatic rings. The number of carbonyl (C=O) groups is 1. The molecule has 28 heavy (non-hydrogen) atoms. The molecule has 2 heterocycles. The summed E-state index contributed by atoms with van der Waals surface area (Å²) in [6.07, 6.45) is -5.08. The van der Waals surface area contributed by atoms with E-state index in [-0.39, 0.29) is 0 Å². The van der Waals surface area contributed by atoms with E-state index in [1.165, 1.54) is 0 Å². The van der Waals surface area contributed by atoms with Gasteiger partial charge < -0.3 is 20.0 Å². The highest BCUT2D eigenvalue weighted by Crippen LogP contribution is 2.52. The van der Waals surface area contributed by atoms with Crippen molar-refractivity contribution in [2.45, 2.75) is 25.7 Å². The molecule has 1 aromatic carbocycles. The Morgan fingerprint density at radius 3 is 2.29 bits per heavy atom. The van der Waals surface area contributed by atoms with Crippen LogP contribution in [0.4, 0.5) is 18.9 Å². The van der Waals surface area contributed by atoms with Gasteiger partial charge in [0.2, 0.25) is 5.72 Å². The van der Waals surface area contributed by atoms with Gasteiger partial charge in [0.25, 0.3) is 0 Å². The predicted molar refractivity (Wildman–Crippen MR) is 95.1 cm³/mol. The van der Waals surface area contributed by atoms with Gasteiger partial charge in [0.15, 0.2) is 5.84 Å². The second kappa shape index (κ2) is 7.16. The molecule has 1 unspecified atom stereocenters. The quantitative estimate of drug-likeness (QED) is 0.810. The van der Waals surface area contributed by atoms with Crippen molar-refractivity contribution in [1.29, 1.82) is 0 Å². The molecule has 2 fully saturated rings. The third-order valence-electron chi connectivity index (χ3n) is 5.09. The van der Waals surface area contributed by atoms with Crippen LogP contribution in [0.15, 0.2) is 29.4 Å². The number of fused-ring (bicyclic) bond motifs is 1. The molecule has 0 amide bonds. The van der Waals surface area contributed by atoms with Crippen molar-refractivity contribution in [3.63, 3.8) is 0 Å². The number of piperidine rings is 1. The lowest BCUT2D eigenvalue weighted by molar-refractivity contribution is -0.192. The van der Waals surface area contributed by atoms with E-state index in [0.717, 1.165) is 42.2 Å². The molecule has 2 aliphatic heterocycles. The van der Waals surface area contributed by atoms with E-state index in [2.05, 4.69) is 41.4 Å². The maximum absolute atomic E-state index is 10.6. The molecule has 0 spiro atoms. The van der Waals surface area contributed by atoms with Gasteiger partial charge in [-0.15, -0.1) is 0 Å². The van der Waals surface area contributed by atoms with Gasteiger partial charge in [0, 0.05) is 11.6 Å². The van der Waals surface area contributed by atoms with Crippen molar-refractivity contribution < 1.29 is 32.6 Å². The first kappa shape index (κ1) is 20.2. The Morgan fingerprint density at radius 1 is 1.29 bits per heavy atom. The fourth-order valence-electron chi connectivity index (χ4n) is 3.70. The van der Waals surface area contributed by atoms with E-state index in [1.54, 1.807) is 7.11 Å². The van der Waals surface area contributed by atoms with Gasteiger partial charge in [0.1, 0.15) is 5.75 Å². The monoisotopic (exact) mass is 401 g/mol. The lowest BCUT2D eigenvalue weighted by Crippen LogP contribution is -2.45. The fourth-order valence-corrected chi connectivity index (χ4v) is 3.70. The molecular formula is C18H22F3N3O4. The Bertz CT molecular complexity index is 754. The first-order chi connectivity index (χ1) is 13.1. The number of rotatable bonds is 3. The summed E-state index contributed by atoms with van der Waals surface area (Å²) in [5, 5.41) is 15.0. The number of anilines is 1. The number of halogens is 3. The minimum absolute atomic E-state index is 0.436. The normalized spacial score (nSPS) is 27.1. The number of benzene rings is 1. The number of ether oxygens (including phenoxy) is 1. The van der Waals surface area contributed by atoms with E-state index >= 15 is 0 Å². The first-order valence-electron chi connectivity index (χ1n) is 8.77. The summed E-state index contributed by atoms with van der Waals surface area (Å²) in [6, 6.07) is 8.11. The van der Waals surface area contributed by atoms with Crippen molar-refractivity contribution >= 4 is 17.5 Å². The molecule has 0 radical (unpaired) electrons. The first-order valence-corrected chi connectivity index (χ1v) is 8.77. The van der Waals surface area contributed by atoms with Crippen LogP contribution in [0.5, 0.6) is 5.75 Å². The maximum Gasteiger partial charge on any atom is 0.490 e. The molecule has 4 rings (SSSR count). The van der Waals surface area contributed by atoms with Crippen molar-refractivity contribution in [1.82, 2.24) is 5.32 Å². The molecule has 1 aliphatic carbocycles. The standard InChI is InChI=1S/C16H21N3O2.C2HF3O2/c1-16(2)19(10-4-6-11(20-3)7-5-10)15(18-21-16)14-12-8-17-9-13(12)14;3-2(4,5)1(6)7/h4-7,12-14,17H,8-9H2,1-3H3;(H,6,7)/t12-,13+,14?;. The van der Waals surface area contributed by atoms with Crippen LogP contribution < -0.4 is 15.0 Å². The SMILES string of the molecule is COc1ccc(N2C(C3[C@H]4CNC[C@@H]34)=NOC2(C)C)cc1.O=C(O)C(F)(F)F. The molecule has 1 saturated carbocycles. The number of aliphatic carboxylic acids is 1. The number of methoxy groups -OCH3 is 1. The van der Waals surface area contributed by atoms with E-state index in [4.69, 9.17) is 19.5 Å². The van der Waals surface area contributed by atoms with E-state index in [9.17, 15) is 13.2 Å². The summed E-state index contributed by atoms with van der Waals surface area (Å²) in [5.41, 5.74) is 0.670. The van der Waals surface area contributed by atoms with Crippen LogP contribution in [-0.4, -0.2) is 49.0 Å². The number of hydrogen-bond acceptors (Lipinski definition) is 6. The van der Waals surface area contributed by atoms with E-state index in [1.807, 2.05) is 12.1 Å². The molecule has 10 heteroatoms. The average Bonchev–Trinajstić information content (AvgIpc) is 2.95. The van der Waals surface area contributed by atoms with Gasteiger partial charge in [0.05, 0.1) is 7.11 Å². The van der Waals surface area contributed by atoms with Crippen LogP contribution >= 0.6 is 0 Å². The Hall–Kier alpha value is -2.49. The minimum Gasteiger partial charge on any atom is -0.497 e. The molecule has 1 aromatic rings. The molecule has 0 aromatic heterocycles. The van der Waals surface area contributed by atoms with Crippen molar-refractivity contribution in [3.8, 4) is 5.75 Å². The molecule has 154 valence electrons. The van der Waals surface area contributed by atoms with Gasteiger partial charge in [-0.2, -0.15) is 13.2 Å². The number of alkyl halides is 3. The van der Waals surface area contributed by atoms with Crippen molar-refractivity contribution in [3.05, 3.63) is 24.3 Å². The van der Waals surface area contributed by atoms with Crippen LogP contribution in [0.1, 0.15) is 13.8 Å². The molecular weight excluding hydrogens is 379 g/mol. The highest BCUT2D eigenvalue weighted by atomic mass is 19.4. The fraction of sp³-hybridized carbons (Fsp3) is 0.556. The van der Waals surface area contributed by atoms with Crippen molar-refractivity contribution in [2.75, 3.05) is 25.1 Å². The number of nitrogens with zero attached hydrogens (tertiary/aromatic N) is 2. The molecule has 2 N–H and O–H groups in total. The third kappa shape index (κ3) is 3.87. The number of amidine groups is 1. The topological polar surface area (TPSA) is 83.4 Å². The predicted octanol–water partition coefficient (Wildman–Crippen LogP) is 2.68. The number of carboxylic acids is 1. The second-order valence-electron chi connectivity index (χ2n) is 7.34. The molecule has 3 atom stereocenters. The van der Waals surface area contributed by atoms with Gasteiger partial charge >= 0.3 is 12.1 Å². The summed E-state index contributed by atoms with van der Waals surface area (Å²) in [7, 11) is 1.68. The van der Waals surface area contributed by atoms with Gasteiger partial charge in [-0.1, -0.05) is 5.16 Å². The summed E-state index contributed by atoms with van der Waals surface area (Å²) >= 11 is 0. The Kier molecular flexibility index (Phi) is 5.18. The zero-order valence-corrected chi connectivity index (χ0v) is 15.7. The van der Waals surface area contributed by atoms with Gasteiger partial charge in [-0.3, -0.25) is 4.90 Å². The maximum atomic E-state index is 10.6. The van der Waals surface area contributed by atoms with E-state index in [0.29, 0.717) is 5.92 Å². The summed E-state index contributed by atoms with van der Waals surface area (Å²) in [5.74, 6) is 1.18. The molecule has 1 saturated heterocycles. The second-order valence-corrected chi connectivity index (χ2v) is 7.34. The zero-order valence-electron chi connectivity index (χ0n) is 15.7. The van der Waals surface area contributed by atoms with Crippen LogP contribution in [0.3, 0.4) is 0 Å². The summed E-state index contributed by atoms with van der Waals surface area (Å²) in [4.78, 5) is 16.8. The summed E-state index contributed by atoms with van der Waals surface area (Å²) < 4.78 is 37.0. The summed E-state index contributed by atoms with van der Waals surface area (Å²) in [6.45, 7) is 6.32. The van der Waals surface area contributed by atoms with Crippen LogP contribution in [0.2, 0.25) is 0 Å². The highest BCUT2D eigenvalue weighted by Gasteiger charge is 2.59. The zero-order chi connectivity index (χ0) is 20.7. The van der Waals surface area contributed by atoms with Gasteiger partial charge in [-0.25, -0.2) is 4.79 Å². The number of oxime groups is 1. The third-order valence-corrected chi connectivity index (χ3v) is 5.09. The Labute approximate surface area is 160 Å². The Morgan fingerprint density at radius 2 is 1.82 bits per heavy atom. The number of hydrogen-bond donors (Lipinski definition) is 2. The smallest absolute Gasteiger partial charge is 0.490 e. The number of nitrogens with one attached hydrogen (secondary N) is 1. The average molecular weight is 401 g/mol. The van der Waals surface area contributed by atoms with E-state index < -0.39 is 17.9 Å². The lowest BCUT2D eigenvalue weighted by atomic mass is 10.1. The highest BCUT2D eigenvalue weighted by molar-refractivity contribution is 6.03. The van der Waals surface area contributed by atoms with Gasteiger partial charge in [-0.05, 0) is 63.0 Å². The molecule has 0 bridgehead atoms. The number of carboxylic acid groups (broad SMARTS) is 1. The van der Waals surface area contributed by atoms with Crippen molar-refractivity contribution in [2.24, 2.45) is 22.9 Å². The van der Waals surface area contributed by atoms with Crippen LogP contribution in [0.25, 0.3) is 0 Å². The largest absolute Gasteiger partial charge is 0.497 e. The molecule has 7 nitrogen and oxygen atoms in total. The van der Waals surface area contributed by atoms with Crippen LogP contribution in [-0.2, 0) is 9.63 Å². The lowest BCUT2D eigenvalue weighted by Gasteiger charge is -2.31.